The summed E-state index contributed by atoms with van der Waals surface area (Å²) < 4.78 is 26.3. The van der Waals surface area contributed by atoms with Gasteiger partial charge in [-0.3, -0.25) is 4.79 Å². The Labute approximate surface area is 126 Å². The van der Waals surface area contributed by atoms with E-state index in [1.807, 2.05) is 0 Å². The molecule has 1 atom stereocenters. The molecule has 0 saturated carbocycles. The summed E-state index contributed by atoms with van der Waals surface area (Å²) in [6, 6.07) is 9.72. The Bertz CT molecular complexity index is 774. The van der Waals surface area contributed by atoms with Crippen LogP contribution < -0.4 is 10.3 Å². The van der Waals surface area contributed by atoms with Gasteiger partial charge in [0.2, 0.25) is 10.0 Å². The zero-order valence-electron chi connectivity index (χ0n) is 10.8. The molecule has 1 aromatic carbocycles. The molecule has 0 aliphatic carbocycles. The van der Waals surface area contributed by atoms with Crippen molar-refractivity contribution in [1.29, 1.82) is 0 Å². The lowest BCUT2D eigenvalue weighted by Gasteiger charge is -2.12. The van der Waals surface area contributed by atoms with Crippen molar-refractivity contribution in [2.24, 2.45) is 0 Å². The average molecular weight is 329 g/mol. The first-order valence-corrected chi connectivity index (χ1v) is 7.87. The second-order valence-electron chi connectivity index (χ2n) is 4.29. The van der Waals surface area contributed by atoms with Crippen LogP contribution in [0.15, 0.2) is 52.3 Å². The van der Waals surface area contributed by atoms with Crippen LogP contribution in [0.4, 0.5) is 0 Å². The minimum atomic E-state index is -3.87. The van der Waals surface area contributed by atoms with Gasteiger partial charge in [0.15, 0.2) is 0 Å². The van der Waals surface area contributed by atoms with Gasteiger partial charge in [-0.15, -0.1) is 0 Å². The summed E-state index contributed by atoms with van der Waals surface area (Å²) in [5.41, 5.74) is 0.0274. The first-order valence-electron chi connectivity index (χ1n) is 6.01. The summed E-state index contributed by atoms with van der Waals surface area (Å²) in [4.78, 5) is 13.2. The molecule has 0 fully saturated rings. The Morgan fingerprint density at radius 2 is 1.95 bits per heavy atom. The van der Waals surface area contributed by atoms with E-state index in [4.69, 9.17) is 11.6 Å². The number of benzene rings is 1. The number of halogens is 1. The molecule has 6 nitrogen and oxygen atoms in total. The van der Waals surface area contributed by atoms with Gasteiger partial charge in [0.25, 0.3) is 5.56 Å². The fourth-order valence-electron chi connectivity index (χ4n) is 1.66. The van der Waals surface area contributed by atoms with E-state index in [0.29, 0.717) is 5.56 Å². The number of hydrogen-bond donors (Lipinski definition) is 3. The molecule has 1 unspecified atom stereocenters. The summed E-state index contributed by atoms with van der Waals surface area (Å²) >= 11 is 5.59. The standard InChI is InChI=1S/C13H13ClN2O4S/c14-11-6-10(7-15-13(11)18)21(19,20)16-8-12(17)9-4-2-1-3-5-9/h1-7,12,16-17H,8H2,(H,15,18). The summed E-state index contributed by atoms with van der Waals surface area (Å²) in [5, 5.41) is 9.70. The SMILES string of the molecule is O=c1[nH]cc(S(=O)(=O)NCC(O)c2ccccc2)cc1Cl. The number of hydrogen-bond acceptors (Lipinski definition) is 4. The Morgan fingerprint density at radius 1 is 1.29 bits per heavy atom. The van der Waals surface area contributed by atoms with E-state index in [-0.39, 0.29) is 16.5 Å². The average Bonchev–Trinajstić information content (AvgIpc) is 2.48. The highest BCUT2D eigenvalue weighted by molar-refractivity contribution is 7.89. The third-order valence-electron chi connectivity index (χ3n) is 2.79. The van der Waals surface area contributed by atoms with Crippen molar-refractivity contribution < 1.29 is 13.5 Å². The van der Waals surface area contributed by atoms with Crippen LogP contribution in [0.2, 0.25) is 5.02 Å². The van der Waals surface area contributed by atoms with Gasteiger partial charge in [0, 0.05) is 12.7 Å². The zero-order chi connectivity index (χ0) is 15.5. The Morgan fingerprint density at radius 3 is 2.57 bits per heavy atom. The second kappa shape index (κ2) is 6.40. The fourth-order valence-corrected chi connectivity index (χ4v) is 2.93. The zero-order valence-corrected chi connectivity index (χ0v) is 12.4. The molecule has 112 valence electrons. The molecule has 0 spiro atoms. The van der Waals surface area contributed by atoms with Crippen molar-refractivity contribution in [3.8, 4) is 0 Å². The maximum atomic E-state index is 12.0. The molecule has 0 aliphatic rings. The summed E-state index contributed by atoms with van der Waals surface area (Å²) in [6.45, 7) is -0.191. The fraction of sp³-hybridized carbons (Fsp3) is 0.154. The number of aromatic nitrogens is 1. The molecule has 2 aromatic rings. The highest BCUT2D eigenvalue weighted by Gasteiger charge is 2.17. The molecule has 0 aliphatic heterocycles. The number of nitrogens with one attached hydrogen (secondary N) is 2. The van der Waals surface area contributed by atoms with E-state index in [0.717, 1.165) is 12.3 Å². The third-order valence-corrected chi connectivity index (χ3v) is 4.48. The quantitative estimate of drug-likeness (QED) is 0.763. The van der Waals surface area contributed by atoms with Crippen LogP contribution in [0.3, 0.4) is 0 Å². The maximum absolute atomic E-state index is 12.0. The number of rotatable bonds is 5. The van der Waals surface area contributed by atoms with Crippen LogP contribution in [0, 0.1) is 0 Å². The van der Waals surface area contributed by atoms with E-state index < -0.39 is 21.7 Å². The molecular weight excluding hydrogens is 316 g/mol. The normalized spacial score (nSPS) is 13.0. The van der Waals surface area contributed by atoms with Crippen LogP contribution in [-0.4, -0.2) is 25.1 Å². The van der Waals surface area contributed by atoms with Crippen LogP contribution >= 0.6 is 11.6 Å². The van der Waals surface area contributed by atoms with Gasteiger partial charge < -0.3 is 10.1 Å². The number of H-pyrrole nitrogens is 1. The molecule has 1 aromatic heterocycles. The Kier molecular flexibility index (Phi) is 4.79. The molecule has 0 amide bonds. The van der Waals surface area contributed by atoms with Gasteiger partial charge in [-0.05, 0) is 11.6 Å². The molecule has 0 radical (unpaired) electrons. The molecule has 0 saturated heterocycles. The molecule has 1 heterocycles. The topological polar surface area (TPSA) is 99.3 Å². The van der Waals surface area contributed by atoms with Crippen molar-refractivity contribution in [3.05, 3.63) is 63.5 Å². The summed E-state index contributed by atoms with van der Waals surface area (Å²) in [5.74, 6) is 0. The van der Waals surface area contributed by atoms with E-state index in [1.54, 1.807) is 30.3 Å². The van der Waals surface area contributed by atoms with Gasteiger partial charge in [0.05, 0.1) is 11.0 Å². The number of aromatic amines is 1. The van der Waals surface area contributed by atoms with Gasteiger partial charge in [-0.2, -0.15) is 0 Å². The largest absolute Gasteiger partial charge is 0.387 e. The first-order chi connectivity index (χ1) is 9.90. The van der Waals surface area contributed by atoms with Gasteiger partial charge in [-0.1, -0.05) is 41.9 Å². The van der Waals surface area contributed by atoms with Crippen LogP contribution in [0.1, 0.15) is 11.7 Å². The second-order valence-corrected chi connectivity index (χ2v) is 6.46. The molecular formula is C13H13ClN2O4S. The first kappa shape index (κ1) is 15.7. The predicted molar refractivity (Wildman–Crippen MR) is 78.7 cm³/mol. The lowest BCUT2D eigenvalue weighted by Crippen LogP contribution is -2.29. The lowest BCUT2D eigenvalue weighted by molar-refractivity contribution is 0.182. The van der Waals surface area contributed by atoms with Gasteiger partial charge >= 0.3 is 0 Å². The van der Waals surface area contributed by atoms with E-state index in [2.05, 4.69) is 9.71 Å². The minimum absolute atomic E-state index is 0.174. The highest BCUT2D eigenvalue weighted by Crippen LogP contribution is 2.14. The van der Waals surface area contributed by atoms with Crippen LogP contribution in [-0.2, 0) is 10.0 Å². The maximum Gasteiger partial charge on any atom is 0.266 e. The predicted octanol–water partition coefficient (Wildman–Crippen LogP) is 1.04. The Hall–Kier alpha value is -1.67. The summed E-state index contributed by atoms with van der Waals surface area (Å²) in [6.07, 6.45) is 0.0741. The molecule has 0 bridgehead atoms. The summed E-state index contributed by atoms with van der Waals surface area (Å²) in [7, 11) is -3.87. The highest BCUT2D eigenvalue weighted by atomic mass is 35.5. The monoisotopic (exact) mass is 328 g/mol. The van der Waals surface area contributed by atoms with E-state index in [9.17, 15) is 18.3 Å². The number of sulfonamides is 1. The van der Waals surface area contributed by atoms with Crippen molar-refractivity contribution >= 4 is 21.6 Å². The van der Waals surface area contributed by atoms with E-state index in [1.165, 1.54) is 0 Å². The number of pyridine rings is 1. The number of aliphatic hydroxyl groups excluding tert-OH is 1. The van der Waals surface area contributed by atoms with Crippen LogP contribution in [0.5, 0.6) is 0 Å². The Balaban J connectivity index is 2.11. The van der Waals surface area contributed by atoms with Crippen molar-refractivity contribution in [1.82, 2.24) is 9.71 Å². The van der Waals surface area contributed by atoms with E-state index >= 15 is 0 Å². The smallest absolute Gasteiger partial charge is 0.266 e. The lowest BCUT2D eigenvalue weighted by atomic mass is 10.1. The van der Waals surface area contributed by atoms with Gasteiger partial charge in [-0.25, -0.2) is 13.1 Å². The van der Waals surface area contributed by atoms with Crippen molar-refractivity contribution in [2.45, 2.75) is 11.0 Å². The molecule has 21 heavy (non-hydrogen) atoms. The van der Waals surface area contributed by atoms with Crippen LogP contribution in [0.25, 0.3) is 0 Å². The van der Waals surface area contributed by atoms with Gasteiger partial charge in [0.1, 0.15) is 5.02 Å². The van der Waals surface area contributed by atoms with Crippen molar-refractivity contribution in [2.75, 3.05) is 6.54 Å². The molecule has 8 heteroatoms. The third kappa shape index (κ3) is 3.92. The van der Waals surface area contributed by atoms with Crippen molar-refractivity contribution in [3.63, 3.8) is 0 Å². The number of aliphatic hydroxyl groups is 1. The molecule has 2 rings (SSSR count). The minimum Gasteiger partial charge on any atom is -0.387 e. The molecule has 3 N–H and O–H groups in total.